The average Bonchev–Trinajstić information content (AvgIpc) is 2.59. The lowest BCUT2D eigenvalue weighted by atomic mass is 9.98. The quantitative estimate of drug-likeness (QED) is 0.792. The van der Waals surface area contributed by atoms with Crippen molar-refractivity contribution in [2.45, 2.75) is 32.2 Å². The van der Waals surface area contributed by atoms with Crippen molar-refractivity contribution in [1.29, 1.82) is 0 Å². The van der Waals surface area contributed by atoms with Crippen LogP contribution in [0.15, 0.2) is 24.3 Å². The molecule has 1 atom stereocenters. The fraction of sp³-hybridized carbons (Fsp3) is 0.588. The highest BCUT2D eigenvalue weighted by atomic mass is 16.1. The zero-order valence-corrected chi connectivity index (χ0v) is 13.1. The Morgan fingerprint density at radius 1 is 1.15 bits per heavy atom. The Labute approximate surface area is 122 Å². The summed E-state index contributed by atoms with van der Waals surface area (Å²) in [7, 11) is 4.16. The number of benzene rings is 1. The highest BCUT2D eigenvalue weighted by molar-refractivity contribution is 6.00. The van der Waals surface area contributed by atoms with Crippen LogP contribution >= 0.6 is 0 Å². The third-order valence-electron chi connectivity index (χ3n) is 4.23. The zero-order valence-electron chi connectivity index (χ0n) is 13.1. The smallest absolute Gasteiger partial charge is 0.181 e. The average molecular weight is 274 g/mol. The molecule has 110 valence electrons. The first-order valence-corrected chi connectivity index (χ1v) is 7.52. The Morgan fingerprint density at radius 2 is 1.80 bits per heavy atom. The molecule has 3 heteroatoms. The van der Waals surface area contributed by atoms with Crippen LogP contribution in [0, 0.1) is 0 Å². The second-order valence-corrected chi connectivity index (χ2v) is 6.25. The third kappa shape index (κ3) is 3.47. The molecule has 1 aromatic rings. The number of Topliss-reactive ketones (excluding diaryl/α,β-unsaturated/α-hetero) is 1. The second-order valence-electron chi connectivity index (χ2n) is 6.25. The number of rotatable bonds is 3. The molecule has 1 heterocycles. The number of carbonyl (C=O) groups is 1. The Morgan fingerprint density at radius 3 is 2.40 bits per heavy atom. The van der Waals surface area contributed by atoms with Gasteiger partial charge in [0.15, 0.2) is 5.78 Å². The van der Waals surface area contributed by atoms with Gasteiger partial charge in [-0.2, -0.15) is 0 Å². The van der Waals surface area contributed by atoms with Crippen LogP contribution < -0.4 is 0 Å². The fourth-order valence-corrected chi connectivity index (χ4v) is 2.78. The summed E-state index contributed by atoms with van der Waals surface area (Å²) in [6.07, 6.45) is 1.13. The number of hydrogen-bond donors (Lipinski definition) is 0. The Balaban J connectivity index is 2.16. The van der Waals surface area contributed by atoms with Gasteiger partial charge < -0.3 is 4.90 Å². The highest BCUT2D eigenvalue weighted by Crippen LogP contribution is 2.17. The third-order valence-corrected chi connectivity index (χ3v) is 4.23. The summed E-state index contributed by atoms with van der Waals surface area (Å²) in [6, 6.07) is 8.11. The highest BCUT2D eigenvalue weighted by Gasteiger charge is 2.27. The van der Waals surface area contributed by atoms with E-state index in [1.54, 1.807) is 0 Å². The van der Waals surface area contributed by atoms with Crippen LogP contribution in [-0.4, -0.2) is 55.4 Å². The van der Waals surface area contributed by atoms with Crippen molar-refractivity contribution >= 4 is 5.78 Å². The van der Waals surface area contributed by atoms with Gasteiger partial charge in [0, 0.05) is 12.1 Å². The molecule has 0 spiro atoms. The maximum absolute atomic E-state index is 12.7. The van der Waals surface area contributed by atoms with Crippen LogP contribution in [0.4, 0.5) is 0 Å². The van der Waals surface area contributed by atoms with Crippen molar-refractivity contribution in [3.8, 4) is 0 Å². The summed E-state index contributed by atoms with van der Waals surface area (Å²) in [5, 5.41) is 0. The fourth-order valence-electron chi connectivity index (χ4n) is 2.78. The van der Waals surface area contributed by atoms with Crippen LogP contribution in [0.2, 0.25) is 0 Å². The lowest BCUT2D eigenvalue weighted by Gasteiger charge is -2.26. The maximum atomic E-state index is 12.7. The number of hydrogen-bond acceptors (Lipinski definition) is 3. The molecule has 2 rings (SSSR count). The van der Waals surface area contributed by atoms with Gasteiger partial charge >= 0.3 is 0 Å². The Hall–Kier alpha value is -1.19. The molecule has 0 amide bonds. The molecule has 1 aliphatic rings. The predicted octanol–water partition coefficient (Wildman–Crippen LogP) is 2.63. The molecule has 1 fully saturated rings. The van der Waals surface area contributed by atoms with Gasteiger partial charge in [-0.3, -0.25) is 9.69 Å². The van der Waals surface area contributed by atoms with Crippen molar-refractivity contribution in [2.24, 2.45) is 0 Å². The van der Waals surface area contributed by atoms with Crippen molar-refractivity contribution in [1.82, 2.24) is 9.80 Å². The van der Waals surface area contributed by atoms with E-state index in [0.717, 1.165) is 31.6 Å². The SMILES string of the molecule is CC(C)c1ccc(C(=O)C2CN(C)CCCN2C)cc1. The van der Waals surface area contributed by atoms with E-state index >= 15 is 0 Å². The van der Waals surface area contributed by atoms with E-state index in [1.165, 1.54) is 5.56 Å². The molecule has 0 aromatic heterocycles. The molecule has 1 aromatic carbocycles. The summed E-state index contributed by atoms with van der Waals surface area (Å²) in [5.41, 5.74) is 2.12. The van der Waals surface area contributed by atoms with Gasteiger partial charge in [-0.15, -0.1) is 0 Å². The van der Waals surface area contributed by atoms with Gasteiger partial charge in [-0.25, -0.2) is 0 Å². The number of ketones is 1. The summed E-state index contributed by atoms with van der Waals surface area (Å²) in [4.78, 5) is 17.2. The van der Waals surface area contributed by atoms with Gasteiger partial charge in [0.05, 0.1) is 6.04 Å². The van der Waals surface area contributed by atoms with E-state index in [-0.39, 0.29) is 11.8 Å². The lowest BCUT2D eigenvalue weighted by molar-refractivity contribution is 0.0839. The van der Waals surface area contributed by atoms with E-state index in [1.807, 2.05) is 12.1 Å². The maximum Gasteiger partial charge on any atom is 0.181 e. The van der Waals surface area contributed by atoms with Crippen molar-refractivity contribution in [3.05, 3.63) is 35.4 Å². The van der Waals surface area contributed by atoms with Crippen molar-refractivity contribution < 1.29 is 4.79 Å². The normalized spacial score (nSPS) is 21.9. The van der Waals surface area contributed by atoms with Gasteiger partial charge in [0.25, 0.3) is 0 Å². The van der Waals surface area contributed by atoms with Crippen LogP contribution in [0.3, 0.4) is 0 Å². The minimum atomic E-state index is -0.0209. The van der Waals surface area contributed by atoms with E-state index in [4.69, 9.17) is 0 Å². The van der Waals surface area contributed by atoms with Crippen LogP contribution in [0.25, 0.3) is 0 Å². The molecule has 0 saturated carbocycles. The standard InChI is InChI=1S/C17H26N2O/c1-13(2)14-6-8-15(9-7-14)17(20)16-12-18(3)10-5-11-19(16)4/h6-9,13,16H,5,10-12H2,1-4H3. The van der Waals surface area contributed by atoms with E-state index in [2.05, 4.69) is 49.9 Å². The summed E-state index contributed by atoms with van der Waals surface area (Å²) < 4.78 is 0. The first-order chi connectivity index (χ1) is 9.49. The van der Waals surface area contributed by atoms with Gasteiger partial charge in [-0.1, -0.05) is 38.1 Å². The molecule has 1 unspecified atom stereocenters. The topological polar surface area (TPSA) is 23.6 Å². The largest absolute Gasteiger partial charge is 0.304 e. The number of likely N-dealkylation sites (N-methyl/N-ethyl adjacent to an activating group) is 2. The molecular formula is C17H26N2O. The van der Waals surface area contributed by atoms with Crippen molar-refractivity contribution in [3.63, 3.8) is 0 Å². The Kier molecular flexibility index (Phi) is 4.95. The first-order valence-electron chi connectivity index (χ1n) is 7.52. The van der Waals surface area contributed by atoms with Gasteiger partial charge in [-0.05, 0) is 45.1 Å². The zero-order chi connectivity index (χ0) is 14.7. The van der Waals surface area contributed by atoms with Crippen molar-refractivity contribution in [2.75, 3.05) is 33.7 Å². The molecule has 0 radical (unpaired) electrons. The second kappa shape index (κ2) is 6.51. The van der Waals surface area contributed by atoms with E-state index < -0.39 is 0 Å². The first kappa shape index (κ1) is 15.2. The monoisotopic (exact) mass is 274 g/mol. The summed E-state index contributed by atoms with van der Waals surface area (Å²) in [6.45, 7) is 7.22. The molecule has 0 aliphatic carbocycles. The summed E-state index contributed by atoms with van der Waals surface area (Å²) in [5.74, 6) is 0.752. The minimum absolute atomic E-state index is 0.0209. The molecule has 3 nitrogen and oxygen atoms in total. The van der Waals surface area contributed by atoms with Crippen LogP contribution in [0.5, 0.6) is 0 Å². The molecule has 1 aliphatic heterocycles. The van der Waals surface area contributed by atoms with E-state index in [0.29, 0.717) is 5.92 Å². The van der Waals surface area contributed by atoms with Crippen LogP contribution in [0.1, 0.15) is 42.1 Å². The van der Waals surface area contributed by atoms with Crippen LogP contribution in [-0.2, 0) is 0 Å². The lowest BCUT2D eigenvalue weighted by Crippen LogP contribution is -2.43. The Bertz CT molecular complexity index is 453. The van der Waals surface area contributed by atoms with Gasteiger partial charge in [0.2, 0.25) is 0 Å². The predicted molar refractivity (Wildman–Crippen MR) is 83.4 cm³/mol. The number of nitrogens with zero attached hydrogens (tertiary/aromatic N) is 2. The molecular weight excluding hydrogens is 248 g/mol. The van der Waals surface area contributed by atoms with Gasteiger partial charge in [0.1, 0.15) is 0 Å². The number of carbonyl (C=O) groups excluding carboxylic acids is 1. The molecule has 20 heavy (non-hydrogen) atoms. The molecule has 0 N–H and O–H groups in total. The van der Waals surface area contributed by atoms with E-state index in [9.17, 15) is 4.79 Å². The summed E-state index contributed by atoms with van der Waals surface area (Å²) >= 11 is 0. The molecule has 1 saturated heterocycles. The molecule has 0 bridgehead atoms. The minimum Gasteiger partial charge on any atom is -0.304 e.